The van der Waals surface area contributed by atoms with E-state index in [4.69, 9.17) is 5.73 Å². The van der Waals surface area contributed by atoms with Crippen molar-refractivity contribution in [3.05, 3.63) is 35.4 Å². The van der Waals surface area contributed by atoms with E-state index in [1.165, 1.54) is 11.1 Å². The molecule has 2 atom stereocenters. The van der Waals surface area contributed by atoms with Crippen LogP contribution >= 0.6 is 0 Å². The van der Waals surface area contributed by atoms with Crippen LogP contribution in [0, 0.1) is 6.92 Å². The first-order valence-electron chi connectivity index (χ1n) is 5.98. The molecular formula is C14H23NO. The maximum Gasteiger partial charge on any atom is 0.0440 e. The van der Waals surface area contributed by atoms with Crippen molar-refractivity contribution in [3.8, 4) is 0 Å². The third kappa shape index (κ3) is 2.45. The Morgan fingerprint density at radius 2 is 2.00 bits per heavy atom. The van der Waals surface area contributed by atoms with Gasteiger partial charge in [-0.15, -0.1) is 0 Å². The Bertz CT molecular complexity index is 337. The summed E-state index contributed by atoms with van der Waals surface area (Å²) < 4.78 is 0. The predicted octanol–water partition coefficient (Wildman–Crippen LogP) is 2.37. The average molecular weight is 221 g/mol. The molecule has 0 spiro atoms. The smallest absolute Gasteiger partial charge is 0.0440 e. The molecule has 1 aromatic carbocycles. The van der Waals surface area contributed by atoms with Crippen molar-refractivity contribution in [2.24, 2.45) is 5.73 Å². The Kier molecular flexibility index (Phi) is 4.51. The fourth-order valence-corrected chi connectivity index (χ4v) is 2.42. The van der Waals surface area contributed by atoms with Gasteiger partial charge in [0.05, 0.1) is 0 Å². The van der Waals surface area contributed by atoms with E-state index in [0.717, 1.165) is 6.42 Å². The minimum Gasteiger partial charge on any atom is -0.396 e. The molecular weight excluding hydrogens is 198 g/mol. The molecule has 2 nitrogen and oxygen atoms in total. The van der Waals surface area contributed by atoms with Crippen molar-refractivity contribution in [3.63, 3.8) is 0 Å². The Morgan fingerprint density at radius 3 is 2.50 bits per heavy atom. The number of aryl methyl sites for hydroxylation is 1. The quantitative estimate of drug-likeness (QED) is 0.802. The van der Waals surface area contributed by atoms with Crippen LogP contribution in [0.3, 0.4) is 0 Å². The molecule has 0 heterocycles. The molecule has 1 aromatic rings. The Morgan fingerprint density at radius 1 is 1.38 bits per heavy atom. The van der Waals surface area contributed by atoms with Crippen LogP contribution in [-0.2, 0) is 5.41 Å². The molecule has 0 saturated heterocycles. The summed E-state index contributed by atoms with van der Waals surface area (Å²) in [6.45, 7) is 6.53. The fourth-order valence-electron chi connectivity index (χ4n) is 2.42. The molecule has 0 bridgehead atoms. The lowest BCUT2D eigenvalue weighted by Gasteiger charge is -2.36. The number of rotatable bonds is 5. The highest BCUT2D eigenvalue weighted by molar-refractivity contribution is 5.34. The molecule has 0 aliphatic rings. The summed E-state index contributed by atoms with van der Waals surface area (Å²) in [4.78, 5) is 0. The predicted molar refractivity (Wildman–Crippen MR) is 68.5 cm³/mol. The third-order valence-corrected chi connectivity index (χ3v) is 3.65. The van der Waals surface area contributed by atoms with Gasteiger partial charge in [0.15, 0.2) is 0 Å². The zero-order chi connectivity index (χ0) is 12.2. The summed E-state index contributed by atoms with van der Waals surface area (Å²) in [5.74, 6) is 0. The monoisotopic (exact) mass is 221 g/mol. The van der Waals surface area contributed by atoms with Crippen LogP contribution in [0.15, 0.2) is 24.3 Å². The van der Waals surface area contributed by atoms with Gasteiger partial charge < -0.3 is 10.8 Å². The molecule has 0 saturated carbocycles. The van der Waals surface area contributed by atoms with E-state index in [1.807, 2.05) is 12.1 Å². The number of hydrogen-bond acceptors (Lipinski definition) is 2. The topological polar surface area (TPSA) is 46.2 Å². The molecule has 0 fully saturated rings. The second-order valence-electron chi connectivity index (χ2n) is 4.72. The van der Waals surface area contributed by atoms with Crippen LogP contribution in [-0.4, -0.2) is 17.8 Å². The highest BCUT2D eigenvalue weighted by Crippen LogP contribution is 2.33. The van der Waals surface area contributed by atoms with Gasteiger partial charge in [-0.2, -0.15) is 0 Å². The molecule has 0 aliphatic heterocycles. The van der Waals surface area contributed by atoms with Crippen molar-refractivity contribution in [2.45, 2.75) is 45.1 Å². The first-order chi connectivity index (χ1) is 7.56. The molecule has 0 radical (unpaired) electrons. The zero-order valence-corrected chi connectivity index (χ0v) is 10.5. The summed E-state index contributed by atoms with van der Waals surface area (Å²) in [5, 5.41) is 9.24. The Labute approximate surface area is 98.5 Å². The highest BCUT2D eigenvalue weighted by atomic mass is 16.3. The first-order valence-corrected chi connectivity index (χ1v) is 5.98. The number of aliphatic hydroxyl groups excluding tert-OH is 1. The second kappa shape index (κ2) is 5.46. The zero-order valence-electron chi connectivity index (χ0n) is 10.5. The van der Waals surface area contributed by atoms with Gasteiger partial charge in [-0.25, -0.2) is 0 Å². The molecule has 2 heteroatoms. The van der Waals surface area contributed by atoms with Gasteiger partial charge >= 0.3 is 0 Å². The van der Waals surface area contributed by atoms with Crippen LogP contribution in [0.5, 0.6) is 0 Å². The van der Waals surface area contributed by atoms with Gasteiger partial charge in [-0.3, -0.25) is 0 Å². The van der Waals surface area contributed by atoms with E-state index in [-0.39, 0.29) is 18.1 Å². The largest absolute Gasteiger partial charge is 0.396 e. The number of benzene rings is 1. The lowest BCUT2D eigenvalue weighted by molar-refractivity contribution is 0.222. The van der Waals surface area contributed by atoms with Gasteiger partial charge in [0.2, 0.25) is 0 Å². The SMILES string of the molecule is CCC(N)C(C)(CCO)c1ccccc1C. The molecule has 0 aromatic heterocycles. The third-order valence-electron chi connectivity index (χ3n) is 3.65. The molecule has 3 N–H and O–H groups in total. The van der Waals surface area contributed by atoms with E-state index in [1.54, 1.807) is 0 Å². The van der Waals surface area contributed by atoms with Crippen LogP contribution < -0.4 is 5.73 Å². The van der Waals surface area contributed by atoms with Crippen molar-refractivity contribution >= 4 is 0 Å². The average Bonchev–Trinajstić information content (AvgIpc) is 2.28. The van der Waals surface area contributed by atoms with E-state index in [9.17, 15) is 5.11 Å². The number of hydrogen-bond donors (Lipinski definition) is 2. The number of nitrogens with two attached hydrogens (primary N) is 1. The maximum atomic E-state index is 9.24. The standard InChI is InChI=1S/C14H23NO/c1-4-13(15)14(3,9-10-16)12-8-6-5-7-11(12)2/h5-8,13,16H,4,9-10,15H2,1-3H3. The molecule has 16 heavy (non-hydrogen) atoms. The first kappa shape index (κ1) is 13.2. The van der Waals surface area contributed by atoms with E-state index in [0.29, 0.717) is 6.42 Å². The van der Waals surface area contributed by atoms with Crippen LogP contribution in [0.4, 0.5) is 0 Å². The minimum atomic E-state index is -0.130. The van der Waals surface area contributed by atoms with Crippen molar-refractivity contribution < 1.29 is 5.11 Å². The van der Waals surface area contributed by atoms with Crippen LogP contribution in [0.1, 0.15) is 37.8 Å². The molecule has 90 valence electrons. The molecule has 2 unspecified atom stereocenters. The van der Waals surface area contributed by atoms with Gasteiger partial charge in [0, 0.05) is 18.1 Å². The van der Waals surface area contributed by atoms with Crippen molar-refractivity contribution in [2.75, 3.05) is 6.61 Å². The normalized spacial score (nSPS) is 16.8. The highest BCUT2D eigenvalue weighted by Gasteiger charge is 2.32. The van der Waals surface area contributed by atoms with E-state index in [2.05, 4.69) is 32.9 Å². The summed E-state index contributed by atoms with van der Waals surface area (Å²) in [7, 11) is 0. The van der Waals surface area contributed by atoms with Crippen LogP contribution in [0.2, 0.25) is 0 Å². The molecule has 0 aliphatic carbocycles. The Hall–Kier alpha value is -0.860. The Balaban J connectivity index is 3.16. The van der Waals surface area contributed by atoms with Crippen LogP contribution in [0.25, 0.3) is 0 Å². The number of aliphatic hydroxyl groups is 1. The summed E-state index contributed by atoms with van der Waals surface area (Å²) in [6.07, 6.45) is 1.64. The van der Waals surface area contributed by atoms with Gasteiger partial charge in [0.1, 0.15) is 0 Å². The summed E-state index contributed by atoms with van der Waals surface area (Å²) in [6, 6.07) is 8.39. The van der Waals surface area contributed by atoms with Gasteiger partial charge in [-0.1, -0.05) is 38.1 Å². The second-order valence-corrected chi connectivity index (χ2v) is 4.72. The molecule has 1 rings (SSSR count). The minimum absolute atomic E-state index is 0.0840. The van der Waals surface area contributed by atoms with E-state index < -0.39 is 0 Å². The summed E-state index contributed by atoms with van der Waals surface area (Å²) >= 11 is 0. The van der Waals surface area contributed by atoms with Gasteiger partial charge in [0.25, 0.3) is 0 Å². The van der Waals surface area contributed by atoms with Crippen molar-refractivity contribution in [1.29, 1.82) is 0 Å². The maximum absolute atomic E-state index is 9.24. The van der Waals surface area contributed by atoms with E-state index >= 15 is 0 Å². The molecule has 0 amide bonds. The lowest BCUT2D eigenvalue weighted by Crippen LogP contribution is -2.44. The fraction of sp³-hybridized carbons (Fsp3) is 0.571. The summed E-state index contributed by atoms with van der Waals surface area (Å²) in [5.41, 5.74) is 8.61. The van der Waals surface area contributed by atoms with Crippen molar-refractivity contribution in [1.82, 2.24) is 0 Å². The lowest BCUT2D eigenvalue weighted by atomic mass is 9.71. The van der Waals surface area contributed by atoms with Gasteiger partial charge in [-0.05, 0) is 30.9 Å².